The van der Waals surface area contributed by atoms with Gasteiger partial charge in [-0.1, -0.05) is 0 Å². The van der Waals surface area contributed by atoms with E-state index in [9.17, 15) is 9.59 Å². The summed E-state index contributed by atoms with van der Waals surface area (Å²) in [5.41, 5.74) is 1.49. The third kappa shape index (κ3) is 2.79. The molecule has 0 spiro atoms. The average Bonchev–Trinajstić information content (AvgIpc) is 2.69. The summed E-state index contributed by atoms with van der Waals surface area (Å²) in [4.78, 5) is 21.8. The molecule has 19 heavy (non-hydrogen) atoms. The Morgan fingerprint density at radius 2 is 1.89 bits per heavy atom. The van der Waals surface area contributed by atoms with Crippen LogP contribution in [0.3, 0.4) is 0 Å². The first-order chi connectivity index (χ1) is 8.97. The zero-order valence-corrected chi connectivity index (χ0v) is 10.5. The van der Waals surface area contributed by atoms with E-state index < -0.39 is 11.9 Å². The van der Waals surface area contributed by atoms with Gasteiger partial charge in [0.25, 0.3) is 0 Å². The number of ether oxygens (including phenoxy) is 1. The van der Waals surface area contributed by atoms with E-state index in [-0.39, 0.29) is 5.56 Å². The van der Waals surface area contributed by atoms with Gasteiger partial charge < -0.3 is 9.84 Å². The molecule has 2 aromatic rings. The fraction of sp³-hybridized carbons (Fsp3) is 0.154. The number of hydrogen-bond acceptors (Lipinski definition) is 4. The lowest BCUT2D eigenvalue weighted by atomic mass is 10.2. The van der Waals surface area contributed by atoms with Gasteiger partial charge in [0, 0.05) is 13.0 Å². The number of aromatic carboxylic acids is 1. The predicted molar refractivity (Wildman–Crippen MR) is 66.6 cm³/mol. The molecule has 0 bridgehead atoms. The average molecular weight is 260 g/mol. The number of carbonyl (C=O) groups is 2. The Morgan fingerprint density at radius 3 is 2.42 bits per heavy atom. The van der Waals surface area contributed by atoms with Crippen LogP contribution in [0, 0.1) is 6.92 Å². The summed E-state index contributed by atoms with van der Waals surface area (Å²) in [7, 11) is 0. The maximum absolute atomic E-state index is 11.0. The smallest absolute Gasteiger partial charge is 0.335 e. The van der Waals surface area contributed by atoms with Gasteiger partial charge in [-0.15, -0.1) is 0 Å². The third-order valence-corrected chi connectivity index (χ3v) is 2.41. The number of nitrogens with zero attached hydrogens (tertiary/aromatic N) is 2. The van der Waals surface area contributed by atoms with Crippen molar-refractivity contribution in [1.29, 1.82) is 0 Å². The van der Waals surface area contributed by atoms with Crippen molar-refractivity contribution < 1.29 is 19.4 Å². The summed E-state index contributed by atoms with van der Waals surface area (Å²) >= 11 is 0. The molecule has 0 aliphatic rings. The first kappa shape index (κ1) is 12.8. The molecule has 2 rings (SSSR count). The summed E-state index contributed by atoms with van der Waals surface area (Å²) < 4.78 is 6.49. The maximum atomic E-state index is 11.0. The molecular formula is C13H12N2O4. The number of carboxylic acids is 1. The van der Waals surface area contributed by atoms with Gasteiger partial charge in [-0.25, -0.2) is 9.48 Å². The fourth-order valence-electron chi connectivity index (χ4n) is 1.63. The minimum Gasteiger partial charge on any atom is -0.478 e. The van der Waals surface area contributed by atoms with Gasteiger partial charge in [-0.3, -0.25) is 4.79 Å². The first-order valence-corrected chi connectivity index (χ1v) is 5.56. The van der Waals surface area contributed by atoms with Gasteiger partial charge in [-0.05, 0) is 31.2 Å². The van der Waals surface area contributed by atoms with E-state index in [1.807, 2.05) is 0 Å². The van der Waals surface area contributed by atoms with Crippen LogP contribution in [0.4, 0.5) is 0 Å². The van der Waals surface area contributed by atoms with Crippen LogP contribution < -0.4 is 4.74 Å². The number of aryl methyl sites for hydroxylation is 1. The van der Waals surface area contributed by atoms with E-state index in [2.05, 4.69) is 5.10 Å². The summed E-state index contributed by atoms with van der Waals surface area (Å²) in [6.45, 7) is 3.08. The second-order valence-corrected chi connectivity index (χ2v) is 3.98. The van der Waals surface area contributed by atoms with Crippen molar-refractivity contribution in [3.05, 3.63) is 41.6 Å². The highest BCUT2D eigenvalue weighted by Gasteiger charge is 2.11. The Hall–Kier alpha value is -2.63. The highest BCUT2D eigenvalue weighted by molar-refractivity contribution is 5.87. The molecule has 0 aliphatic carbocycles. The molecule has 0 unspecified atom stereocenters. The summed E-state index contributed by atoms with van der Waals surface area (Å²) in [5, 5.41) is 13.0. The molecule has 0 saturated heterocycles. The number of hydrogen-bond donors (Lipinski definition) is 1. The van der Waals surface area contributed by atoms with Gasteiger partial charge in [0.2, 0.25) is 5.88 Å². The van der Waals surface area contributed by atoms with Gasteiger partial charge in [0.15, 0.2) is 0 Å². The highest BCUT2D eigenvalue weighted by atomic mass is 16.5. The highest BCUT2D eigenvalue weighted by Crippen LogP contribution is 2.19. The Kier molecular flexibility index (Phi) is 3.33. The zero-order valence-electron chi connectivity index (χ0n) is 10.5. The second kappa shape index (κ2) is 4.93. The van der Waals surface area contributed by atoms with Crippen molar-refractivity contribution in [2.24, 2.45) is 0 Å². The van der Waals surface area contributed by atoms with Gasteiger partial charge in [0.1, 0.15) is 0 Å². The predicted octanol–water partition coefficient (Wildman–Crippen LogP) is 1.80. The number of benzene rings is 1. The Labute approximate surface area is 109 Å². The quantitative estimate of drug-likeness (QED) is 0.851. The molecule has 1 N–H and O–H groups in total. The SMILES string of the molecule is CC(=O)Oc1cc(C)nn1-c1ccc(C(=O)O)cc1. The van der Waals surface area contributed by atoms with Crippen molar-refractivity contribution in [1.82, 2.24) is 9.78 Å². The molecular weight excluding hydrogens is 248 g/mol. The Bertz CT molecular complexity index is 629. The van der Waals surface area contributed by atoms with Crippen molar-refractivity contribution in [2.75, 3.05) is 0 Å². The lowest BCUT2D eigenvalue weighted by molar-refractivity contribution is -0.132. The number of rotatable bonds is 3. The lowest BCUT2D eigenvalue weighted by Crippen LogP contribution is -2.07. The van der Waals surface area contributed by atoms with Crippen LogP contribution >= 0.6 is 0 Å². The van der Waals surface area contributed by atoms with Crippen LogP contribution in [0.15, 0.2) is 30.3 Å². The van der Waals surface area contributed by atoms with Gasteiger partial charge >= 0.3 is 11.9 Å². The molecule has 0 aliphatic heterocycles. The van der Waals surface area contributed by atoms with Crippen LogP contribution in [-0.4, -0.2) is 26.8 Å². The summed E-state index contributed by atoms with van der Waals surface area (Å²) in [6.07, 6.45) is 0. The van der Waals surface area contributed by atoms with Crippen LogP contribution in [-0.2, 0) is 4.79 Å². The van der Waals surface area contributed by atoms with Crippen molar-refractivity contribution in [2.45, 2.75) is 13.8 Å². The van der Waals surface area contributed by atoms with Crippen molar-refractivity contribution in [3.8, 4) is 11.6 Å². The van der Waals surface area contributed by atoms with E-state index in [0.29, 0.717) is 17.3 Å². The summed E-state index contributed by atoms with van der Waals surface area (Å²) in [5.74, 6) is -1.14. The van der Waals surface area contributed by atoms with E-state index in [0.717, 1.165) is 0 Å². The van der Waals surface area contributed by atoms with Gasteiger partial charge in [-0.2, -0.15) is 5.10 Å². The van der Waals surface area contributed by atoms with E-state index >= 15 is 0 Å². The van der Waals surface area contributed by atoms with Crippen LogP contribution in [0.2, 0.25) is 0 Å². The number of esters is 1. The molecule has 0 saturated carbocycles. The number of aromatic nitrogens is 2. The lowest BCUT2D eigenvalue weighted by Gasteiger charge is -2.06. The van der Waals surface area contributed by atoms with E-state index in [1.165, 1.54) is 23.7 Å². The number of carboxylic acid groups (broad SMARTS) is 1. The normalized spacial score (nSPS) is 10.2. The molecule has 1 aromatic heterocycles. The molecule has 0 amide bonds. The van der Waals surface area contributed by atoms with Crippen LogP contribution in [0.1, 0.15) is 23.0 Å². The zero-order chi connectivity index (χ0) is 14.0. The maximum Gasteiger partial charge on any atom is 0.335 e. The molecule has 1 heterocycles. The molecule has 0 radical (unpaired) electrons. The number of carbonyl (C=O) groups excluding carboxylic acids is 1. The molecule has 0 fully saturated rings. The summed E-state index contributed by atoms with van der Waals surface area (Å²) in [6, 6.07) is 7.76. The first-order valence-electron chi connectivity index (χ1n) is 5.56. The van der Waals surface area contributed by atoms with Crippen LogP contribution in [0.5, 0.6) is 5.88 Å². The minimum absolute atomic E-state index is 0.182. The van der Waals surface area contributed by atoms with E-state index in [1.54, 1.807) is 25.1 Å². The molecule has 6 nitrogen and oxygen atoms in total. The molecule has 6 heteroatoms. The van der Waals surface area contributed by atoms with E-state index in [4.69, 9.17) is 9.84 Å². The van der Waals surface area contributed by atoms with Crippen LogP contribution in [0.25, 0.3) is 5.69 Å². The van der Waals surface area contributed by atoms with Gasteiger partial charge in [0.05, 0.1) is 16.9 Å². The van der Waals surface area contributed by atoms with Crippen molar-refractivity contribution in [3.63, 3.8) is 0 Å². The fourth-order valence-corrected chi connectivity index (χ4v) is 1.63. The largest absolute Gasteiger partial charge is 0.478 e. The Morgan fingerprint density at radius 1 is 1.26 bits per heavy atom. The minimum atomic E-state index is -0.997. The third-order valence-electron chi connectivity index (χ3n) is 2.41. The monoisotopic (exact) mass is 260 g/mol. The molecule has 98 valence electrons. The Balaban J connectivity index is 2.40. The molecule has 1 aromatic carbocycles. The topological polar surface area (TPSA) is 81.4 Å². The molecule has 0 atom stereocenters. The standard InChI is InChI=1S/C13H12N2O4/c1-8-7-12(19-9(2)16)15(14-8)11-5-3-10(4-6-11)13(17)18/h3-7H,1-2H3,(H,17,18). The van der Waals surface area contributed by atoms with Crippen molar-refractivity contribution >= 4 is 11.9 Å². The second-order valence-electron chi connectivity index (χ2n) is 3.98.